The standard InChI is InChI=1S/C13H20N2O6/c14-9(3-8-1-2-10(19)11(20)4-8)12(21)15-13(5-16,6-17)7-18/h1-2,4,9,16-20H,3,5-7,14H2,(H,15,21)/t9-/m0/s1. The van der Waals surface area contributed by atoms with Crippen LogP contribution in [0.1, 0.15) is 5.56 Å². The van der Waals surface area contributed by atoms with E-state index in [9.17, 15) is 15.0 Å². The van der Waals surface area contributed by atoms with Crippen molar-refractivity contribution < 1.29 is 30.3 Å². The first-order valence-electron chi connectivity index (χ1n) is 6.28. The summed E-state index contributed by atoms with van der Waals surface area (Å²) in [6, 6.07) is 3.03. The van der Waals surface area contributed by atoms with Crippen LogP contribution in [0.25, 0.3) is 0 Å². The van der Waals surface area contributed by atoms with Crippen molar-refractivity contribution in [1.29, 1.82) is 0 Å². The molecule has 0 saturated heterocycles. The van der Waals surface area contributed by atoms with Crippen LogP contribution >= 0.6 is 0 Å². The van der Waals surface area contributed by atoms with Gasteiger partial charge in [0.05, 0.1) is 25.9 Å². The summed E-state index contributed by atoms with van der Waals surface area (Å²) in [5.41, 5.74) is 4.70. The maximum atomic E-state index is 11.9. The van der Waals surface area contributed by atoms with Crippen molar-refractivity contribution in [2.24, 2.45) is 5.73 Å². The largest absolute Gasteiger partial charge is 0.504 e. The topological polar surface area (TPSA) is 156 Å². The molecule has 1 aromatic carbocycles. The number of phenolic OH excluding ortho intramolecular Hbond substituents is 2. The van der Waals surface area contributed by atoms with Crippen molar-refractivity contribution in [3.63, 3.8) is 0 Å². The summed E-state index contributed by atoms with van der Waals surface area (Å²) >= 11 is 0. The first kappa shape index (κ1) is 17.2. The summed E-state index contributed by atoms with van der Waals surface area (Å²) in [5, 5.41) is 48.2. The second kappa shape index (κ2) is 7.23. The molecule has 0 aromatic heterocycles. The summed E-state index contributed by atoms with van der Waals surface area (Å²) in [7, 11) is 0. The van der Waals surface area contributed by atoms with E-state index in [1.807, 2.05) is 0 Å². The molecule has 8 nitrogen and oxygen atoms in total. The molecular formula is C13H20N2O6. The molecule has 0 bridgehead atoms. The molecule has 0 unspecified atom stereocenters. The Labute approximate surface area is 121 Å². The van der Waals surface area contributed by atoms with E-state index >= 15 is 0 Å². The number of phenols is 2. The van der Waals surface area contributed by atoms with Gasteiger partial charge >= 0.3 is 0 Å². The summed E-state index contributed by atoms with van der Waals surface area (Å²) in [6.45, 7) is -1.92. The number of carbonyl (C=O) groups is 1. The van der Waals surface area contributed by atoms with Gasteiger partial charge in [0.1, 0.15) is 5.54 Å². The average Bonchev–Trinajstić information content (AvgIpc) is 2.48. The monoisotopic (exact) mass is 300 g/mol. The van der Waals surface area contributed by atoms with Gasteiger partial charge in [-0.3, -0.25) is 4.79 Å². The molecule has 8 heteroatoms. The summed E-state index contributed by atoms with van der Waals surface area (Å²) in [5.74, 6) is -1.27. The van der Waals surface area contributed by atoms with E-state index < -0.39 is 37.3 Å². The Bertz CT molecular complexity index is 481. The number of hydrogen-bond donors (Lipinski definition) is 7. The Morgan fingerprint density at radius 3 is 2.19 bits per heavy atom. The third-order valence-corrected chi connectivity index (χ3v) is 3.13. The number of carbonyl (C=O) groups excluding carboxylic acids is 1. The van der Waals surface area contributed by atoms with Crippen LogP contribution in [0.4, 0.5) is 0 Å². The number of nitrogens with two attached hydrogens (primary N) is 1. The molecule has 0 spiro atoms. The third-order valence-electron chi connectivity index (χ3n) is 3.13. The minimum Gasteiger partial charge on any atom is -0.504 e. The van der Waals surface area contributed by atoms with E-state index in [0.717, 1.165) is 0 Å². The number of aliphatic hydroxyl groups is 3. The van der Waals surface area contributed by atoms with Crippen molar-refractivity contribution in [1.82, 2.24) is 5.32 Å². The fraction of sp³-hybridized carbons (Fsp3) is 0.462. The zero-order valence-corrected chi connectivity index (χ0v) is 11.4. The van der Waals surface area contributed by atoms with Gasteiger partial charge in [0.15, 0.2) is 11.5 Å². The van der Waals surface area contributed by atoms with Crippen LogP contribution in [0.5, 0.6) is 11.5 Å². The molecule has 118 valence electrons. The van der Waals surface area contributed by atoms with E-state index in [4.69, 9.17) is 21.1 Å². The quantitative estimate of drug-likeness (QED) is 0.282. The van der Waals surface area contributed by atoms with Crippen molar-refractivity contribution in [3.05, 3.63) is 23.8 Å². The van der Waals surface area contributed by atoms with Crippen LogP contribution in [0.15, 0.2) is 18.2 Å². The molecule has 1 atom stereocenters. The van der Waals surface area contributed by atoms with Crippen LogP contribution < -0.4 is 11.1 Å². The molecule has 0 saturated carbocycles. The summed E-state index contributed by atoms with van der Waals surface area (Å²) in [6.07, 6.45) is 0.0675. The lowest BCUT2D eigenvalue weighted by molar-refractivity contribution is -0.126. The second-order valence-electron chi connectivity index (χ2n) is 4.88. The van der Waals surface area contributed by atoms with E-state index in [-0.39, 0.29) is 17.9 Å². The van der Waals surface area contributed by atoms with Crippen molar-refractivity contribution in [3.8, 4) is 11.5 Å². The van der Waals surface area contributed by atoms with Gasteiger partial charge in [-0.25, -0.2) is 0 Å². The predicted octanol–water partition coefficient (Wildman–Crippen LogP) is -2.20. The molecular weight excluding hydrogens is 280 g/mol. The van der Waals surface area contributed by atoms with Gasteiger partial charge in [-0.1, -0.05) is 6.07 Å². The average molecular weight is 300 g/mol. The Morgan fingerprint density at radius 2 is 1.71 bits per heavy atom. The zero-order chi connectivity index (χ0) is 16.0. The maximum Gasteiger partial charge on any atom is 0.237 e. The van der Waals surface area contributed by atoms with Crippen LogP contribution in [0, 0.1) is 0 Å². The first-order valence-corrected chi connectivity index (χ1v) is 6.28. The summed E-state index contributed by atoms with van der Waals surface area (Å²) in [4.78, 5) is 11.9. The third kappa shape index (κ3) is 4.30. The van der Waals surface area contributed by atoms with Crippen molar-refractivity contribution >= 4 is 5.91 Å². The fourth-order valence-corrected chi connectivity index (χ4v) is 1.67. The van der Waals surface area contributed by atoms with E-state index in [1.165, 1.54) is 18.2 Å². The fourth-order valence-electron chi connectivity index (χ4n) is 1.67. The highest BCUT2D eigenvalue weighted by Crippen LogP contribution is 2.25. The number of aliphatic hydroxyl groups excluding tert-OH is 3. The second-order valence-corrected chi connectivity index (χ2v) is 4.88. The van der Waals surface area contributed by atoms with Gasteiger partial charge in [-0.2, -0.15) is 0 Å². The minimum atomic E-state index is -1.54. The SMILES string of the molecule is N[C@@H](Cc1ccc(O)c(O)c1)C(=O)NC(CO)(CO)CO. The van der Waals surface area contributed by atoms with Crippen LogP contribution in [-0.2, 0) is 11.2 Å². The molecule has 1 amide bonds. The van der Waals surface area contributed by atoms with E-state index in [2.05, 4.69) is 5.32 Å². The smallest absolute Gasteiger partial charge is 0.237 e. The molecule has 21 heavy (non-hydrogen) atoms. The Kier molecular flexibility index (Phi) is 5.91. The van der Waals surface area contributed by atoms with Crippen LogP contribution in [0.3, 0.4) is 0 Å². The number of amides is 1. The number of hydrogen-bond acceptors (Lipinski definition) is 7. The maximum absolute atomic E-state index is 11.9. The normalized spacial score (nSPS) is 13.0. The van der Waals surface area contributed by atoms with Crippen molar-refractivity contribution in [2.75, 3.05) is 19.8 Å². The highest BCUT2D eigenvalue weighted by molar-refractivity contribution is 5.82. The van der Waals surface area contributed by atoms with E-state index in [1.54, 1.807) is 0 Å². The van der Waals surface area contributed by atoms with Gasteiger partial charge in [-0.15, -0.1) is 0 Å². The number of benzene rings is 1. The highest BCUT2D eigenvalue weighted by Gasteiger charge is 2.31. The lowest BCUT2D eigenvalue weighted by atomic mass is 10.0. The molecule has 0 aliphatic rings. The zero-order valence-electron chi connectivity index (χ0n) is 11.4. The van der Waals surface area contributed by atoms with Gasteiger partial charge < -0.3 is 36.6 Å². The summed E-state index contributed by atoms with van der Waals surface area (Å²) < 4.78 is 0. The van der Waals surface area contributed by atoms with Gasteiger partial charge in [0, 0.05) is 0 Å². The number of nitrogens with one attached hydrogen (secondary N) is 1. The van der Waals surface area contributed by atoms with Crippen LogP contribution in [0.2, 0.25) is 0 Å². The number of rotatable bonds is 7. The molecule has 0 fully saturated rings. The predicted molar refractivity (Wildman–Crippen MR) is 73.6 cm³/mol. The molecule has 0 heterocycles. The Balaban J connectivity index is 2.72. The van der Waals surface area contributed by atoms with Crippen molar-refractivity contribution in [2.45, 2.75) is 18.0 Å². The Hall–Kier alpha value is -1.87. The first-order chi connectivity index (χ1) is 9.87. The highest BCUT2D eigenvalue weighted by atomic mass is 16.3. The lowest BCUT2D eigenvalue weighted by Gasteiger charge is -2.30. The number of aromatic hydroxyl groups is 2. The van der Waals surface area contributed by atoms with Crippen LogP contribution in [-0.4, -0.2) is 62.8 Å². The lowest BCUT2D eigenvalue weighted by Crippen LogP contribution is -2.60. The molecule has 1 rings (SSSR count). The molecule has 1 aromatic rings. The molecule has 0 radical (unpaired) electrons. The molecule has 0 aliphatic heterocycles. The molecule has 0 aliphatic carbocycles. The minimum absolute atomic E-state index is 0.0675. The van der Waals surface area contributed by atoms with Gasteiger partial charge in [0.2, 0.25) is 5.91 Å². The Morgan fingerprint density at radius 1 is 1.14 bits per heavy atom. The van der Waals surface area contributed by atoms with E-state index in [0.29, 0.717) is 5.56 Å². The molecule has 8 N–H and O–H groups in total. The van der Waals surface area contributed by atoms with Gasteiger partial charge in [-0.05, 0) is 24.1 Å². The van der Waals surface area contributed by atoms with Gasteiger partial charge in [0.25, 0.3) is 0 Å².